The van der Waals surface area contributed by atoms with Crippen LogP contribution in [0.15, 0.2) is 0 Å². The molecule has 0 amide bonds. The van der Waals surface area contributed by atoms with Crippen LogP contribution in [0, 0.1) is 16.2 Å². The topological polar surface area (TPSA) is 37.3 Å². The Kier molecular flexibility index (Phi) is 4.51. The van der Waals surface area contributed by atoms with Crippen LogP contribution in [0.3, 0.4) is 0 Å². The molecule has 0 heterocycles. The highest BCUT2D eigenvalue weighted by atomic mass is 16.4. The zero-order valence-corrected chi connectivity index (χ0v) is 12.8. The van der Waals surface area contributed by atoms with Gasteiger partial charge in [-0.05, 0) is 48.3 Å². The summed E-state index contributed by atoms with van der Waals surface area (Å²) in [5.74, 6) is -0.656. The van der Waals surface area contributed by atoms with Crippen LogP contribution >= 0.6 is 0 Å². The Balaban J connectivity index is 2.82. The van der Waals surface area contributed by atoms with Gasteiger partial charge in [0.1, 0.15) is 0 Å². The van der Waals surface area contributed by atoms with Crippen LogP contribution in [0.1, 0.15) is 79.6 Å². The second-order valence-corrected chi connectivity index (χ2v) is 7.96. The molecule has 2 nitrogen and oxygen atoms in total. The first-order valence-corrected chi connectivity index (χ1v) is 7.32. The average molecular weight is 254 g/mol. The standard InChI is InChI=1S/C16H30O2/c1-6-8-15(4)10-14(2,3)11-16(5,12-15)9-7-13(17)18/h6-12H2,1-5H3,(H,17,18). The second-order valence-electron chi connectivity index (χ2n) is 7.96. The second kappa shape index (κ2) is 5.22. The van der Waals surface area contributed by atoms with Crippen molar-refractivity contribution in [2.24, 2.45) is 16.2 Å². The summed E-state index contributed by atoms with van der Waals surface area (Å²) in [6.07, 6.45) is 7.24. The molecule has 18 heavy (non-hydrogen) atoms. The molecule has 2 heteroatoms. The van der Waals surface area contributed by atoms with E-state index in [4.69, 9.17) is 5.11 Å². The van der Waals surface area contributed by atoms with Crippen molar-refractivity contribution in [2.45, 2.75) is 79.6 Å². The predicted molar refractivity (Wildman–Crippen MR) is 75.6 cm³/mol. The maximum absolute atomic E-state index is 10.8. The van der Waals surface area contributed by atoms with Gasteiger partial charge in [-0.2, -0.15) is 0 Å². The van der Waals surface area contributed by atoms with Gasteiger partial charge in [0.15, 0.2) is 0 Å². The minimum Gasteiger partial charge on any atom is -0.481 e. The molecule has 2 unspecified atom stereocenters. The fraction of sp³-hybridized carbons (Fsp3) is 0.938. The molecule has 0 aromatic heterocycles. The van der Waals surface area contributed by atoms with E-state index in [1.54, 1.807) is 0 Å². The zero-order valence-electron chi connectivity index (χ0n) is 12.8. The maximum Gasteiger partial charge on any atom is 0.303 e. The van der Waals surface area contributed by atoms with Crippen LogP contribution in [0.25, 0.3) is 0 Å². The van der Waals surface area contributed by atoms with Crippen LogP contribution in [0.2, 0.25) is 0 Å². The lowest BCUT2D eigenvalue weighted by Crippen LogP contribution is -2.41. The van der Waals surface area contributed by atoms with Crippen molar-refractivity contribution in [2.75, 3.05) is 0 Å². The van der Waals surface area contributed by atoms with Crippen molar-refractivity contribution >= 4 is 5.97 Å². The summed E-state index contributed by atoms with van der Waals surface area (Å²) >= 11 is 0. The molecule has 106 valence electrons. The summed E-state index contributed by atoms with van der Waals surface area (Å²) < 4.78 is 0. The molecule has 0 aromatic carbocycles. The molecule has 1 rings (SSSR count). The van der Waals surface area contributed by atoms with Crippen LogP contribution in [-0.4, -0.2) is 11.1 Å². The lowest BCUT2D eigenvalue weighted by molar-refractivity contribution is -0.138. The van der Waals surface area contributed by atoms with Gasteiger partial charge < -0.3 is 5.11 Å². The van der Waals surface area contributed by atoms with Gasteiger partial charge in [0.25, 0.3) is 0 Å². The summed E-state index contributed by atoms with van der Waals surface area (Å²) in [4.78, 5) is 10.8. The van der Waals surface area contributed by atoms with Crippen molar-refractivity contribution in [1.82, 2.24) is 0 Å². The summed E-state index contributed by atoms with van der Waals surface area (Å²) in [7, 11) is 0. The van der Waals surface area contributed by atoms with Crippen molar-refractivity contribution in [3.63, 3.8) is 0 Å². The molecule has 1 fully saturated rings. The molecule has 0 aromatic rings. The van der Waals surface area contributed by atoms with Crippen LogP contribution in [-0.2, 0) is 4.79 Å². The van der Waals surface area contributed by atoms with Gasteiger partial charge in [-0.1, -0.05) is 41.0 Å². The minimum absolute atomic E-state index is 0.198. The fourth-order valence-corrected chi connectivity index (χ4v) is 4.89. The monoisotopic (exact) mass is 254 g/mol. The Bertz CT molecular complexity index is 308. The SMILES string of the molecule is CCCC1(C)CC(C)(C)CC(C)(CCC(=O)O)C1. The first-order chi connectivity index (χ1) is 8.10. The minimum atomic E-state index is -0.656. The third kappa shape index (κ3) is 4.29. The Hall–Kier alpha value is -0.530. The van der Waals surface area contributed by atoms with Gasteiger partial charge in [0.05, 0.1) is 0 Å². The molecule has 1 saturated carbocycles. The highest BCUT2D eigenvalue weighted by molar-refractivity contribution is 5.66. The van der Waals surface area contributed by atoms with E-state index in [0.717, 1.165) is 12.8 Å². The number of rotatable bonds is 5. The van der Waals surface area contributed by atoms with E-state index in [9.17, 15) is 4.79 Å². The van der Waals surface area contributed by atoms with E-state index < -0.39 is 5.97 Å². The fourth-order valence-electron chi connectivity index (χ4n) is 4.89. The number of carboxylic acid groups (broad SMARTS) is 1. The average Bonchev–Trinajstić information content (AvgIpc) is 2.10. The largest absolute Gasteiger partial charge is 0.481 e. The first-order valence-electron chi connectivity index (χ1n) is 7.32. The predicted octanol–water partition coefficient (Wildman–Crippen LogP) is 4.87. The Morgan fingerprint density at radius 1 is 1.00 bits per heavy atom. The van der Waals surface area contributed by atoms with E-state index in [-0.39, 0.29) is 5.41 Å². The molecule has 1 aliphatic carbocycles. The van der Waals surface area contributed by atoms with Crippen molar-refractivity contribution in [3.8, 4) is 0 Å². The van der Waals surface area contributed by atoms with E-state index in [1.807, 2.05) is 0 Å². The first kappa shape index (κ1) is 15.5. The molecule has 0 spiro atoms. The maximum atomic E-state index is 10.8. The molecule has 0 aliphatic heterocycles. The van der Waals surface area contributed by atoms with Crippen molar-refractivity contribution in [3.05, 3.63) is 0 Å². The van der Waals surface area contributed by atoms with Gasteiger partial charge >= 0.3 is 5.97 Å². The normalized spacial score (nSPS) is 35.4. The Morgan fingerprint density at radius 2 is 1.50 bits per heavy atom. The lowest BCUT2D eigenvalue weighted by atomic mass is 9.53. The van der Waals surface area contributed by atoms with Gasteiger partial charge in [0.2, 0.25) is 0 Å². The molecular weight excluding hydrogens is 224 g/mol. The molecule has 0 bridgehead atoms. The Labute approximate surface area is 112 Å². The van der Waals surface area contributed by atoms with Gasteiger partial charge in [-0.15, -0.1) is 0 Å². The molecular formula is C16H30O2. The highest BCUT2D eigenvalue weighted by Crippen LogP contribution is 2.57. The van der Waals surface area contributed by atoms with Gasteiger partial charge in [-0.25, -0.2) is 0 Å². The van der Waals surface area contributed by atoms with Gasteiger partial charge in [0, 0.05) is 6.42 Å². The van der Waals surface area contributed by atoms with E-state index in [2.05, 4.69) is 34.6 Å². The van der Waals surface area contributed by atoms with Crippen LogP contribution < -0.4 is 0 Å². The summed E-state index contributed by atoms with van der Waals surface area (Å²) in [5, 5.41) is 8.92. The van der Waals surface area contributed by atoms with Crippen LogP contribution in [0.5, 0.6) is 0 Å². The van der Waals surface area contributed by atoms with Crippen molar-refractivity contribution < 1.29 is 9.90 Å². The highest BCUT2D eigenvalue weighted by Gasteiger charge is 2.46. The van der Waals surface area contributed by atoms with Crippen molar-refractivity contribution in [1.29, 1.82) is 0 Å². The number of aliphatic carboxylic acids is 1. The number of carbonyl (C=O) groups is 1. The molecule has 1 aliphatic rings. The zero-order chi connectivity index (χ0) is 14.0. The summed E-state index contributed by atoms with van der Waals surface area (Å²) in [6.45, 7) is 11.6. The third-order valence-corrected chi connectivity index (χ3v) is 4.46. The summed E-state index contributed by atoms with van der Waals surface area (Å²) in [6, 6.07) is 0. The van der Waals surface area contributed by atoms with E-state index >= 15 is 0 Å². The number of hydrogen-bond donors (Lipinski definition) is 1. The molecule has 0 saturated heterocycles. The Morgan fingerprint density at radius 3 is 1.94 bits per heavy atom. The number of carboxylic acids is 1. The molecule has 2 atom stereocenters. The van der Waals surface area contributed by atoms with E-state index in [0.29, 0.717) is 17.3 Å². The molecule has 0 radical (unpaired) electrons. The third-order valence-electron chi connectivity index (χ3n) is 4.46. The number of hydrogen-bond acceptors (Lipinski definition) is 1. The quantitative estimate of drug-likeness (QED) is 0.759. The smallest absolute Gasteiger partial charge is 0.303 e. The van der Waals surface area contributed by atoms with Crippen LogP contribution in [0.4, 0.5) is 0 Å². The molecule has 1 N–H and O–H groups in total. The van der Waals surface area contributed by atoms with E-state index in [1.165, 1.54) is 25.7 Å². The lowest BCUT2D eigenvalue weighted by Gasteiger charge is -2.52. The van der Waals surface area contributed by atoms with Gasteiger partial charge in [-0.3, -0.25) is 4.79 Å². The summed E-state index contributed by atoms with van der Waals surface area (Å²) in [5.41, 5.74) is 0.934.